The maximum Gasteiger partial charge on any atom is 0.288 e. The van der Waals surface area contributed by atoms with Crippen LogP contribution in [0.4, 0.5) is 5.69 Å². The van der Waals surface area contributed by atoms with Crippen LogP contribution in [0.2, 0.25) is 0 Å². The molecule has 1 aromatic heterocycles. The molecule has 0 saturated carbocycles. The fourth-order valence-electron chi connectivity index (χ4n) is 1.14. The van der Waals surface area contributed by atoms with E-state index in [0.29, 0.717) is 16.8 Å². The molecule has 0 saturated heterocycles. The lowest BCUT2D eigenvalue weighted by atomic mass is 10.3. The van der Waals surface area contributed by atoms with Gasteiger partial charge in [-0.15, -0.1) is 0 Å². The summed E-state index contributed by atoms with van der Waals surface area (Å²) >= 11 is 0. The van der Waals surface area contributed by atoms with Crippen LogP contribution in [0, 0.1) is 11.3 Å². The highest BCUT2D eigenvalue weighted by molar-refractivity contribution is 7.85. The minimum absolute atomic E-state index is 0.0668. The third kappa shape index (κ3) is 1.82. The largest absolute Gasteiger partial charge is 0.430 e. The molecule has 1 unspecified atom stereocenters. The van der Waals surface area contributed by atoms with Crippen LogP contribution in [-0.4, -0.2) is 14.9 Å². The van der Waals surface area contributed by atoms with Crippen LogP contribution in [0.3, 0.4) is 0 Å². The molecule has 2 aromatic rings. The van der Waals surface area contributed by atoms with E-state index in [9.17, 15) is 4.21 Å². The summed E-state index contributed by atoms with van der Waals surface area (Å²) in [6.07, 6.45) is 0. The molecule has 0 fully saturated rings. The van der Waals surface area contributed by atoms with E-state index in [2.05, 4.69) is 4.98 Å². The summed E-state index contributed by atoms with van der Waals surface area (Å²) in [5, 5.41) is 8.45. The summed E-state index contributed by atoms with van der Waals surface area (Å²) in [7, 11) is -1.50. The third-order valence-corrected chi connectivity index (χ3v) is 2.74. The van der Waals surface area contributed by atoms with Crippen LogP contribution in [0.1, 0.15) is 0 Å². The molecule has 0 amide bonds. The first-order valence-electron chi connectivity index (χ1n) is 4.12. The fourth-order valence-corrected chi connectivity index (χ4v) is 1.76. The molecule has 76 valence electrons. The zero-order valence-corrected chi connectivity index (χ0v) is 8.45. The Balaban J connectivity index is 2.48. The normalized spacial score (nSPS) is 12.5. The molecule has 1 atom stereocenters. The van der Waals surface area contributed by atoms with Gasteiger partial charge in [0.05, 0.1) is 6.07 Å². The Kier molecular flexibility index (Phi) is 2.39. The van der Waals surface area contributed by atoms with Crippen molar-refractivity contribution in [3.05, 3.63) is 18.2 Å². The highest BCUT2D eigenvalue weighted by Crippen LogP contribution is 2.20. The maximum absolute atomic E-state index is 11.4. The number of hydrogen-bond acceptors (Lipinski definition) is 5. The number of fused-ring (bicyclic) bond motifs is 1. The van der Waals surface area contributed by atoms with Crippen molar-refractivity contribution in [2.45, 2.75) is 5.22 Å². The van der Waals surface area contributed by atoms with Crippen LogP contribution < -0.4 is 5.73 Å². The lowest BCUT2D eigenvalue weighted by Gasteiger charge is -1.88. The molecule has 0 aliphatic rings. The second kappa shape index (κ2) is 3.71. The molecule has 0 spiro atoms. The smallest absolute Gasteiger partial charge is 0.288 e. The van der Waals surface area contributed by atoms with Gasteiger partial charge < -0.3 is 10.2 Å². The second-order valence-corrected chi connectivity index (χ2v) is 4.18. The first-order chi connectivity index (χ1) is 7.20. The van der Waals surface area contributed by atoms with Crippen molar-refractivity contribution in [3.8, 4) is 6.07 Å². The van der Waals surface area contributed by atoms with Gasteiger partial charge in [-0.1, -0.05) is 0 Å². The maximum atomic E-state index is 11.4. The monoisotopic (exact) mass is 221 g/mol. The summed E-state index contributed by atoms with van der Waals surface area (Å²) in [5.41, 5.74) is 7.18. The van der Waals surface area contributed by atoms with Gasteiger partial charge in [0.2, 0.25) is 0 Å². The van der Waals surface area contributed by atoms with Crippen molar-refractivity contribution in [3.63, 3.8) is 0 Å². The van der Waals surface area contributed by atoms with Gasteiger partial charge in [0.1, 0.15) is 22.1 Å². The Morgan fingerprint density at radius 2 is 2.40 bits per heavy atom. The van der Waals surface area contributed by atoms with Crippen LogP contribution >= 0.6 is 0 Å². The minimum atomic E-state index is -1.50. The van der Waals surface area contributed by atoms with Crippen molar-refractivity contribution in [2.75, 3.05) is 11.5 Å². The number of aromatic nitrogens is 1. The second-order valence-electron chi connectivity index (χ2n) is 2.85. The van der Waals surface area contributed by atoms with Crippen LogP contribution in [-0.2, 0) is 10.8 Å². The summed E-state index contributed by atoms with van der Waals surface area (Å²) < 4.78 is 16.6. The van der Waals surface area contributed by atoms with Gasteiger partial charge >= 0.3 is 0 Å². The number of nitrogen functional groups attached to an aromatic ring is 1. The standard InChI is InChI=1S/C9H7N3O2S/c10-3-4-15(13)9-12-7-2-1-6(11)5-8(7)14-9/h1-2,5H,4,11H2. The van der Waals surface area contributed by atoms with Gasteiger partial charge in [-0.2, -0.15) is 5.26 Å². The Bertz CT molecular complexity index is 570. The average Bonchev–Trinajstić information content (AvgIpc) is 2.60. The summed E-state index contributed by atoms with van der Waals surface area (Å²) in [4.78, 5) is 4.00. The predicted molar refractivity (Wildman–Crippen MR) is 55.3 cm³/mol. The predicted octanol–water partition coefficient (Wildman–Crippen LogP) is 1.04. The SMILES string of the molecule is N#CCS(=O)c1nc2ccc(N)cc2o1. The topological polar surface area (TPSA) is 92.9 Å². The quantitative estimate of drug-likeness (QED) is 0.765. The summed E-state index contributed by atoms with van der Waals surface area (Å²) in [6.45, 7) is 0. The first-order valence-corrected chi connectivity index (χ1v) is 5.44. The molecule has 1 heterocycles. The number of rotatable bonds is 2. The number of nitriles is 1. The Morgan fingerprint density at radius 3 is 3.13 bits per heavy atom. The molecule has 15 heavy (non-hydrogen) atoms. The van der Waals surface area contributed by atoms with Crippen LogP contribution in [0.5, 0.6) is 0 Å². The number of benzene rings is 1. The lowest BCUT2D eigenvalue weighted by molar-refractivity contribution is 0.478. The van der Waals surface area contributed by atoms with Crippen LogP contribution in [0.15, 0.2) is 27.8 Å². The lowest BCUT2D eigenvalue weighted by Crippen LogP contribution is -1.94. The van der Waals surface area contributed by atoms with Gasteiger partial charge in [0, 0.05) is 11.8 Å². The van der Waals surface area contributed by atoms with Crippen LogP contribution in [0.25, 0.3) is 11.1 Å². The zero-order chi connectivity index (χ0) is 10.8. The molecule has 6 heteroatoms. The Hall–Kier alpha value is -1.87. The highest BCUT2D eigenvalue weighted by Gasteiger charge is 2.12. The Morgan fingerprint density at radius 1 is 1.60 bits per heavy atom. The summed E-state index contributed by atoms with van der Waals surface area (Å²) in [6, 6.07) is 6.77. The van der Waals surface area contributed by atoms with Crippen molar-refractivity contribution >= 4 is 27.6 Å². The number of hydrogen-bond donors (Lipinski definition) is 1. The number of nitrogens with two attached hydrogens (primary N) is 1. The number of oxazole rings is 1. The number of nitrogens with zero attached hydrogens (tertiary/aromatic N) is 2. The van der Waals surface area contributed by atoms with Crippen molar-refractivity contribution in [1.82, 2.24) is 4.98 Å². The van der Waals surface area contributed by atoms with E-state index >= 15 is 0 Å². The van der Waals surface area contributed by atoms with Gasteiger partial charge in [0.15, 0.2) is 5.58 Å². The molecule has 0 bridgehead atoms. The molecular formula is C9H7N3O2S. The average molecular weight is 221 g/mol. The van der Waals surface area contributed by atoms with Crippen molar-refractivity contribution in [2.24, 2.45) is 0 Å². The molecule has 0 aliphatic carbocycles. The van der Waals surface area contributed by atoms with E-state index in [1.165, 1.54) is 0 Å². The molecule has 0 aliphatic heterocycles. The molecule has 0 radical (unpaired) electrons. The zero-order valence-electron chi connectivity index (χ0n) is 7.64. The van der Waals surface area contributed by atoms with Crippen molar-refractivity contribution in [1.29, 1.82) is 5.26 Å². The van der Waals surface area contributed by atoms with E-state index in [4.69, 9.17) is 15.4 Å². The molecule has 1 aromatic carbocycles. The van der Waals surface area contributed by atoms with Gasteiger partial charge in [0.25, 0.3) is 5.22 Å². The summed E-state index contributed by atoms with van der Waals surface area (Å²) in [5.74, 6) is -0.123. The first kappa shape index (κ1) is 9.68. The third-order valence-electron chi connectivity index (χ3n) is 1.78. The van der Waals surface area contributed by atoms with Crippen molar-refractivity contribution < 1.29 is 8.63 Å². The number of anilines is 1. The minimum Gasteiger partial charge on any atom is -0.430 e. The van der Waals surface area contributed by atoms with E-state index in [-0.39, 0.29) is 11.0 Å². The molecule has 5 nitrogen and oxygen atoms in total. The highest BCUT2D eigenvalue weighted by atomic mass is 32.2. The van der Waals surface area contributed by atoms with Gasteiger partial charge in [-0.25, -0.2) is 9.19 Å². The molecule has 2 rings (SSSR count). The van der Waals surface area contributed by atoms with Gasteiger partial charge in [-0.3, -0.25) is 0 Å². The van der Waals surface area contributed by atoms with E-state index in [1.807, 2.05) is 0 Å². The van der Waals surface area contributed by atoms with E-state index in [1.54, 1.807) is 24.3 Å². The Labute approximate surface area is 88.0 Å². The molecular weight excluding hydrogens is 214 g/mol. The fraction of sp³-hybridized carbons (Fsp3) is 0.111. The van der Waals surface area contributed by atoms with Gasteiger partial charge in [-0.05, 0) is 12.1 Å². The molecule has 2 N–H and O–H groups in total. The van der Waals surface area contributed by atoms with E-state index < -0.39 is 10.8 Å². The van der Waals surface area contributed by atoms with E-state index in [0.717, 1.165) is 0 Å².